The molecule has 4 aromatic rings. The number of carbonyl (C=O) groups excluding carboxylic acids is 1. The number of amides is 1. The molecular weight excluding hydrogens is 452 g/mol. The monoisotopic (exact) mass is 479 g/mol. The maximum atomic E-state index is 14.2. The Morgan fingerprint density at radius 2 is 1.97 bits per heavy atom. The fourth-order valence-electron chi connectivity index (χ4n) is 3.44. The van der Waals surface area contributed by atoms with Crippen LogP contribution < -0.4 is 11.1 Å². The van der Waals surface area contributed by atoms with Crippen LogP contribution in [0.15, 0.2) is 60.0 Å². The summed E-state index contributed by atoms with van der Waals surface area (Å²) in [6.45, 7) is 6.62. The molecule has 0 aliphatic carbocycles. The number of benzene rings is 2. The fourth-order valence-corrected chi connectivity index (χ4v) is 3.44. The van der Waals surface area contributed by atoms with Gasteiger partial charge >= 0.3 is 0 Å². The van der Waals surface area contributed by atoms with Crippen LogP contribution in [-0.2, 0) is 0 Å². The van der Waals surface area contributed by atoms with Gasteiger partial charge in [0.05, 0.1) is 24.1 Å². The molecule has 0 saturated heterocycles. The van der Waals surface area contributed by atoms with E-state index < -0.39 is 23.1 Å². The summed E-state index contributed by atoms with van der Waals surface area (Å²) in [6, 6.07) is 11.9. The molecule has 0 atom stereocenters. The van der Waals surface area contributed by atoms with Gasteiger partial charge in [-0.1, -0.05) is 50.2 Å². The largest absolute Gasteiger partial charge is 0.396 e. The lowest BCUT2D eigenvalue weighted by Gasteiger charge is -2.09. The van der Waals surface area contributed by atoms with Gasteiger partial charge in [0.2, 0.25) is 0 Å². The van der Waals surface area contributed by atoms with E-state index in [0.717, 1.165) is 35.1 Å². The van der Waals surface area contributed by atoms with Crippen molar-refractivity contribution in [1.29, 1.82) is 0 Å². The summed E-state index contributed by atoms with van der Waals surface area (Å²) in [7, 11) is 0. The summed E-state index contributed by atoms with van der Waals surface area (Å²) in [5, 5.41) is 5.89. The quantitative estimate of drug-likeness (QED) is 0.213. The van der Waals surface area contributed by atoms with E-state index in [4.69, 9.17) is 10.6 Å². The third-order valence-electron chi connectivity index (χ3n) is 5.32. The molecule has 0 unspecified atom stereocenters. The molecule has 0 aliphatic rings. The van der Waals surface area contributed by atoms with E-state index in [9.17, 15) is 13.6 Å². The number of nitrogen functional groups attached to an aromatic ring is 1. The zero-order chi connectivity index (χ0) is 25.5. The minimum absolute atomic E-state index is 0.298. The third-order valence-corrected chi connectivity index (χ3v) is 5.32. The van der Waals surface area contributed by atoms with Gasteiger partial charge in [-0.3, -0.25) is 4.79 Å². The van der Waals surface area contributed by atoms with E-state index >= 15 is 0 Å². The maximum Gasteiger partial charge on any atom is 0.261 e. The molecule has 4 rings (SSSR count). The summed E-state index contributed by atoms with van der Waals surface area (Å²) in [5.74, 6) is -2.63. The highest BCUT2D eigenvalue weighted by Crippen LogP contribution is 2.31. The number of rotatable bonds is 6. The number of hydrogen-bond acceptors (Lipinski definition) is 5. The van der Waals surface area contributed by atoms with Crippen molar-refractivity contribution < 1.29 is 13.6 Å². The number of aromatic nitrogens is 2. The summed E-state index contributed by atoms with van der Waals surface area (Å²) < 4.78 is 28.2. The van der Waals surface area contributed by atoms with Gasteiger partial charge < -0.3 is 16.0 Å². The summed E-state index contributed by atoms with van der Waals surface area (Å²) >= 11 is 0. The van der Waals surface area contributed by atoms with E-state index in [-0.39, 0.29) is 5.69 Å². The van der Waals surface area contributed by atoms with Crippen molar-refractivity contribution in [2.24, 2.45) is 5.18 Å². The van der Waals surface area contributed by atoms with Crippen LogP contribution in [0.1, 0.15) is 49.0 Å². The van der Waals surface area contributed by atoms with E-state index in [2.05, 4.69) is 46.4 Å². The Morgan fingerprint density at radius 1 is 1.20 bits per heavy atom. The molecule has 182 valence electrons. The summed E-state index contributed by atoms with van der Waals surface area (Å²) in [5.41, 5.74) is 8.51. The van der Waals surface area contributed by atoms with Gasteiger partial charge in [-0.2, -0.15) is 4.91 Å². The number of hydrogen-bond donors (Lipinski definition) is 3. The Bertz CT molecular complexity index is 1350. The maximum absolute atomic E-state index is 14.2. The van der Waals surface area contributed by atoms with Crippen molar-refractivity contribution in [2.45, 2.75) is 33.1 Å². The second kappa shape index (κ2) is 11.3. The Morgan fingerprint density at radius 3 is 2.63 bits per heavy atom. The van der Waals surface area contributed by atoms with Gasteiger partial charge in [0.1, 0.15) is 17.0 Å². The van der Waals surface area contributed by atoms with Crippen molar-refractivity contribution in [1.82, 2.24) is 9.97 Å². The number of aromatic amines is 1. The van der Waals surface area contributed by atoms with Gasteiger partial charge in [-0.15, -0.1) is 0 Å². The third kappa shape index (κ3) is 5.87. The number of fused-ring (bicyclic) bond motifs is 1. The molecule has 0 fully saturated rings. The van der Waals surface area contributed by atoms with Crippen molar-refractivity contribution in [3.63, 3.8) is 0 Å². The second-order valence-electron chi connectivity index (χ2n) is 8.24. The summed E-state index contributed by atoms with van der Waals surface area (Å²) in [4.78, 5) is 29.1. The predicted molar refractivity (Wildman–Crippen MR) is 135 cm³/mol. The van der Waals surface area contributed by atoms with E-state index in [1.807, 2.05) is 25.3 Å². The highest BCUT2D eigenvalue weighted by atomic mass is 19.1. The number of pyridine rings is 1. The Labute approximate surface area is 201 Å². The molecule has 0 aliphatic heterocycles. The molecule has 0 bridgehead atoms. The predicted octanol–water partition coefficient (Wildman–Crippen LogP) is 6.63. The fraction of sp³-hybridized carbons (Fsp3) is 0.231. The first kappa shape index (κ1) is 25.5. The molecule has 2 heterocycles. The normalized spacial score (nSPS) is 10.7. The van der Waals surface area contributed by atoms with E-state index in [1.54, 1.807) is 6.07 Å². The van der Waals surface area contributed by atoms with Gasteiger partial charge in [0, 0.05) is 17.1 Å². The Balaban J connectivity index is 0.000000623. The highest BCUT2D eigenvalue weighted by molar-refractivity contribution is 6.06. The van der Waals surface area contributed by atoms with Crippen LogP contribution in [0, 0.1) is 16.5 Å². The lowest BCUT2D eigenvalue weighted by Crippen LogP contribution is -2.17. The van der Waals surface area contributed by atoms with Crippen molar-refractivity contribution in [3.05, 3.63) is 82.5 Å². The van der Waals surface area contributed by atoms with Crippen LogP contribution in [0.4, 0.5) is 20.2 Å². The first-order valence-electron chi connectivity index (χ1n) is 11.2. The molecule has 9 heteroatoms. The molecule has 0 spiro atoms. The lowest BCUT2D eigenvalue weighted by atomic mass is 9.97. The summed E-state index contributed by atoms with van der Waals surface area (Å²) in [6.07, 6.45) is 4.14. The smallest absolute Gasteiger partial charge is 0.261 e. The van der Waals surface area contributed by atoms with Crippen LogP contribution in [0.5, 0.6) is 0 Å². The number of anilines is 2. The molecule has 2 aromatic carbocycles. The van der Waals surface area contributed by atoms with Crippen molar-refractivity contribution in [2.75, 3.05) is 17.6 Å². The average Bonchev–Trinajstić information content (AvgIpc) is 3.26. The van der Waals surface area contributed by atoms with Gasteiger partial charge in [0.15, 0.2) is 5.82 Å². The topological polar surface area (TPSA) is 113 Å². The minimum atomic E-state index is -1.09. The first-order valence-corrected chi connectivity index (χ1v) is 11.2. The number of nitrogens with one attached hydrogen (secondary N) is 2. The SMILES string of the molecule is CC(C)c1cccc(-c2c[nH]c3ncc(NC(=O)c4c(F)ccc(N)c4F)cc23)c1.CCCN=O. The molecule has 7 nitrogen and oxygen atoms in total. The lowest BCUT2D eigenvalue weighted by molar-refractivity contribution is 0.101. The number of carbonyl (C=O) groups is 1. The number of nitrogens with two attached hydrogens (primary N) is 1. The number of H-pyrrole nitrogens is 1. The van der Waals surface area contributed by atoms with E-state index in [0.29, 0.717) is 23.8 Å². The molecule has 0 saturated carbocycles. The van der Waals surface area contributed by atoms with Gasteiger partial charge in [-0.25, -0.2) is 13.8 Å². The molecule has 35 heavy (non-hydrogen) atoms. The van der Waals surface area contributed by atoms with Crippen LogP contribution in [0.2, 0.25) is 0 Å². The molecular formula is C26H27F2N5O2. The van der Waals surface area contributed by atoms with E-state index in [1.165, 1.54) is 11.8 Å². The zero-order valence-electron chi connectivity index (χ0n) is 19.7. The Kier molecular flexibility index (Phi) is 8.25. The van der Waals surface area contributed by atoms with Crippen LogP contribution in [0.3, 0.4) is 0 Å². The molecule has 4 N–H and O–H groups in total. The first-order chi connectivity index (χ1) is 16.8. The number of halogens is 2. The zero-order valence-corrected chi connectivity index (χ0v) is 19.7. The average molecular weight is 480 g/mol. The van der Waals surface area contributed by atoms with Crippen LogP contribution in [-0.4, -0.2) is 22.4 Å². The molecule has 0 radical (unpaired) electrons. The van der Waals surface area contributed by atoms with Gasteiger partial charge in [-0.05, 0) is 41.7 Å². The van der Waals surface area contributed by atoms with Gasteiger partial charge in [0.25, 0.3) is 5.91 Å². The Hall–Kier alpha value is -4.14. The number of nitrogens with zero attached hydrogens (tertiary/aromatic N) is 2. The number of nitroso groups, excluding NO2 is 1. The highest BCUT2D eigenvalue weighted by Gasteiger charge is 2.20. The minimum Gasteiger partial charge on any atom is -0.396 e. The van der Waals surface area contributed by atoms with Crippen molar-refractivity contribution in [3.8, 4) is 11.1 Å². The second-order valence-corrected chi connectivity index (χ2v) is 8.24. The standard InChI is InChI=1S/C23H20F2N4O.C3H7NO/c1-12(2)13-4-3-5-14(8-13)17-11-28-22-16(17)9-15(10-27-22)29-23(30)20-18(24)6-7-19(26)21(20)25;1-2-3-4-5/h3-12H,26H2,1-2H3,(H,27,28)(H,29,30);2-3H2,1H3. The van der Waals surface area contributed by atoms with Crippen LogP contribution >= 0.6 is 0 Å². The molecule has 2 aromatic heterocycles. The van der Waals surface area contributed by atoms with Crippen molar-refractivity contribution >= 4 is 28.3 Å². The van der Waals surface area contributed by atoms with Crippen LogP contribution in [0.25, 0.3) is 22.2 Å². The molecule has 1 amide bonds.